The minimum atomic E-state index is 0.105. The summed E-state index contributed by atoms with van der Waals surface area (Å²) in [6, 6.07) is 0.585. The fourth-order valence-electron chi connectivity index (χ4n) is 2.91. The van der Waals surface area contributed by atoms with Crippen LogP contribution in [0.2, 0.25) is 0 Å². The number of aliphatic hydroxyl groups excluding tert-OH is 1. The summed E-state index contributed by atoms with van der Waals surface area (Å²) >= 11 is 0. The number of nitrogens with two attached hydrogens (primary N) is 1. The highest BCUT2D eigenvalue weighted by Crippen LogP contribution is 2.24. The van der Waals surface area contributed by atoms with Crippen LogP contribution in [-0.2, 0) is 4.79 Å². The van der Waals surface area contributed by atoms with Crippen molar-refractivity contribution in [3.8, 4) is 0 Å². The van der Waals surface area contributed by atoms with Crippen molar-refractivity contribution in [1.82, 2.24) is 4.90 Å². The standard InChI is InChI=1S/C15H30N2O2/c1-12(6-3-7-13(2)16)15(19)17-10-4-8-14(17)9-5-11-18/h12-14,18H,3-11,16H2,1-2H3. The van der Waals surface area contributed by atoms with Crippen LogP contribution in [0.1, 0.15) is 58.8 Å². The molecule has 0 aromatic rings. The Morgan fingerprint density at radius 3 is 2.74 bits per heavy atom. The summed E-state index contributed by atoms with van der Waals surface area (Å²) in [7, 11) is 0. The molecule has 0 radical (unpaired) electrons. The Morgan fingerprint density at radius 1 is 1.37 bits per heavy atom. The van der Waals surface area contributed by atoms with Crippen LogP contribution in [0.5, 0.6) is 0 Å². The van der Waals surface area contributed by atoms with E-state index >= 15 is 0 Å². The van der Waals surface area contributed by atoms with Crippen molar-refractivity contribution >= 4 is 5.91 Å². The first kappa shape index (κ1) is 16.4. The van der Waals surface area contributed by atoms with Crippen LogP contribution >= 0.6 is 0 Å². The molecule has 4 heteroatoms. The van der Waals surface area contributed by atoms with Gasteiger partial charge in [0.2, 0.25) is 5.91 Å². The van der Waals surface area contributed by atoms with E-state index in [4.69, 9.17) is 10.8 Å². The number of hydrogen-bond acceptors (Lipinski definition) is 3. The predicted octanol–water partition coefficient (Wildman–Crippen LogP) is 1.90. The van der Waals surface area contributed by atoms with E-state index in [1.54, 1.807) is 0 Å². The van der Waals surface area contributed by atoms with E-state index in [9.17, 15) is 4.79 Å². The zero-order valence-electron chi connectivity index (χ0n) is 12.5. The monoisotopic (exact) mass is 270 g/mol. The molecule has 3 unspecified atom stereocenters. The second-order valence-corrected chi connectivity index (χ2v) is 6.00. The van der Waals surface area contributed by atoms with E-state index < -0.39 is 0 Å². The third-order valence-electron chi connectivity index (χ3n) is 4.07. The Kier molecular flexibility index (Phi) is 7.39. The molecule has 1 heterocycles. The van der Waals surface area contributed by atoms with Crippen molar-refractivity contribution in [2.75, 3.05) is 13.2 Å². The topological polar surface area (TPSA) is 66.6 Å². The van der Waals surface area contributed by atoms with E-state index in [0.717, 1.165) is 51.5 Å². The third kappa shape index (κ3) is 5.49. The van der Waals surface area contributed by atoms with E-state index in [0.29, 0.717) is 11.9 Å². The molecule has 1 aliphatic heterocycles. The fraction of sp³-hybridized carbons (Fsp3) is 0.933. The molecule has 1 rings (SSSR count). The lowest BCUT2D eigenvalue weighted by atomic mass is 10.00. The molecule has 0 aromatic heterocycles. The van der Waals surface area contributed by atoms with Gasteiger partial charge in [-0.05, 0) is 45.4 Å². The number of rotatable bonds is 8. The number of hydrogen-bond donors (Lipinski definition) is 2. The van der Waals surface area contributed by atoms with Crippen molar-refractivity contribution < 1.29 is 9.90 Å². The van der Waals surface area contributed by atoms with E-state index in [2.05, 4.69) is 0 Å². The summed E-state index contributed by atoms with van der Waals surface area (Å²) in [5.74, 6) is 0.401. The van der Waals surface area contributed by atoms with Gasteiger partial charge in [0.1, 0.15) is 0 Å². The Labute approximate surface area is 117 Å². The maximum Gasteiger partial charge on any atom is 0.225 e. The van der Waals surface area contributed by atoms with Gasteiger partial charge in [-0.3, -0.25) is 4.79 Å². The highest BCUT2D eigenvalue weighted by molar-refractivity contribution is 5.79. The van der Waals surface area contributed by atoms with Crippen LogP contribution in [0, 0.1) is 5.92 Å². The molecule has 1 amide bonds. The minimum absolute atomic E-state index is 0.105. The summed E-state index contributed by atoms with van der Waals surface area (Å²) < 4.78 is 0. The Bertz CT molecular complexity index is 269. The molecule has 19 heavy (non-hydrogen) atoms. The molecule has 1 fully saturated rings. The van der Waals surface area contributed by atoms with Crippen LogP contribution in [0.15, 0.2) is 0 Å². The van der Waals surface area contributed by atoms with Gasteiger partial charge in [-0.2, -0.15) is 0 Å². The zero-order valence-corrected chi connectivity index (χ0v) is 12.5. The molecule has 1 saturated heterocycles. The number of carbonyl (C=O) groups excluding carboxylic acids is 1. The van der Waals surface area contributed by atoms with Gasteiger partial charge in [-0.1, -0.05) is 13.3 Å². The maximum absolute atomic E-state index is 12.4. The first-order valence-electron chi connectivity index (χ1n) is 7.73. The summed E-state index contributed by atoms with van der Waals surface area (Å²) in [6.07, 6.45) is 6.89. The minimum Gasteiger partial charge on any atom is -0.396 e. The van der Waals surface area contributed by atoms with Gasteiger partial charge >= 0.3 is 0 Å². The van der Waals surface area contributed by atoms with E-state index in [-0.39, 0.29) is 18.6 Å². The molecule has 0 saturated carbocycles. The number of carbonyl (C=O) groups is 1. The first-order valence-corrected chi connectivity index (χ1v) is 7.73. The number of likely N-dealkylation sites (tertiary alicyclic amines) is 1. The Balaban J connectivity index is 2.37. The summed E-state index contributed by atoms with van der Waals surface area (Å²) in [6.45, 7) is 5.16. The van der Waals surface area contributed by atoms with Crippen LogP contribution in [0.4, 0.5) is 0 Å². The van der Waals surface area contributed by atoms with Crippen LogP contribution in [0.25, 0.3) is 0 Å². The average molecular weight is 270 g/mol. The molecule has 0 spiro atoms. The highest BCUT2D eigenvalue weighted by Gasteiger charge is 2.30. The molecule has 3 N–H and O–H groups in total. The molecule has 1 aliphatic rings. The molecule has 0 aliphatic carbocycles. The van der Waals surface area contributed by atoms with Crippen molar-refractivity contribution in [3.05, 3.63) is 0 Å². The molecular weight excluding hydrogens is 240 g/mol. The molecule has 112 valence electrons. The molecule has 0 aromatic carbocycles. The highest BCUT2D eigenvalue weighted by atomic mass is 16.3. The van der Waals surface area contributed by atoms with Gasteiger partial charge in [0.15, 0.2) is 0 Å². The van der Waals surface area contributed by atoms with Crippen LogP contribution < -0.4 is 5.73 Å². The van der Waals surface area contributed by atoms with Crippen molar-refractivity contribution in [3.63, 3.8) is 0 Å². The molecular formula is C15H30N2O2. The van der Waals surface area contributed by atoms with Gasteiger partial charge in [0.25, 0.3) is 0 Å². The van der Waals surface area contributed by atoms with Gasteiger partial charge in [-0.25, -0.2) is 0 Å². The van der Waals surface area contributed by atoms with Crippen LogP contribution in [0.3, 0.4) is 0 Å². The van der Waals surface area contributed by atoms with E-state index in [1.807, 2.05) is 18.7 Å². The lowest BCUT2D eigenvalue weighted by molar-refractivity contribution is -0.136. The van der Waals surface area contributed by atoms with Crippen molar-refractivity contribution in [2.45, 2.75) is 70.9 Å². The van der Waals surface area contributed by atoms with Gasteiger partial charge in [0, 0.05) is 31.2 Å². The van der Waals surface area contributed by atoms with Gasteiger partial charge in [-0.15, -0.1) is 0 Å². The van der Waals surface area contributed by atoms with E-state index in [1.165, 1.54) is 0 Å². The average Bonchev–Trinajstić information content (AvgIpc) is 2.82. The lowest BCUT2D eigenvalue weighted by Gasteiger charge is -2.27. The quantitative estimate of drug-likeness (QED) is 0.708. The number of amides is 1. The maximum atomic E-state index is 12.4. The fourth-order valence-corrected chi connectivity index (χ4v) is 2.91. The molecule has 4 nitrogen and oxygen atoms in total. The normalized spacial score (nSPS) is 22.5. The van der Waals surface area contributed by atoms with Crippen molar-refractivity contribution in [1.29, 1.82) is 0 Å². The number of nitrogens with zero attached hydrogens (tertiary/aromatic N) is 1. The Hall–Kier alpha value is -0.610. The number of aliphatic hydroxyl groups is 1. The summed E-state index contributed by atoms with van der Waals surface area (Å²) in [5.41, 5.74) is 5.73. The smallest absolute Gasteiger partial charge is 0.225 e. The first-order chi connectivity index (χ1) is 9.06. The summed E-state index contributed by atoms with van der Waals surface area (Å²) in [4.78, 5) is 14.5. The lowest BCUT2D eigenvalue weighted by Crippen LogP contribution is -2.39. The van der Waals surface area contributed by atoms with Gasteiger partial charge in [0.05, 0.1) is 0 Å². The van der Waals surface area contributed by atoms with Crippen molar-refractivity contribution in [2.24, 2.45) is 11.7 Å². The van der Waals surface area contributed by atoms with Crippen LogP contribution in [-0.4, -0.2) is 41.1 Å². The SMILES string of the molecule is CC(N)CCCC(C)C(=O)N1CCCC1CCCO. The molecule has 3 atom stereocenters. The zero-order chi connectivity index (χ0) is 14.3. The predicted molar refractivity (Wildman–Crippen MR) is 77.7 cm³/mol. The summed E-state index contributed by atoms with van der Waals surface area (Å²) in [5, 5.41) is 8.91. The Morgan fingerprint density at radius 2 is 2.11 bits per heavy atom. The second kappa shape index (κ2) is 8.54. The largest absolute Gasteiger partial charge is 0.396 e. The third-order valence-corrected chi connectivity index (χ3v) is 4.07. The van der Waals surface area contributed by atoms with Gasteiger partial charge < -0.3 is 15.7 Å². The second-order valence-electron chi connectivity index (χ2n) is 6.00. The molecule has 0 bridgehead atoms.